The lowest BCUT2D eigenvalue weighted by Gasteiger charge is -2.23. The fourth-order valence-corrected chi connectivity index (χ4v) is 3.40. The Kier molecular flexibility index (Phi) is 7.87. The molecule has 3 heteroatoms. The zero-order valence-electron chi connectivity index (χ0n) is 13.6. The van der Waals surface area contributed by atoms with Crippen LogP contribution in [0.15, 0.2) is 24.3 Å². The van der Waals surface area contributed by atoms with Crippen LogP contribution in [0.5, 0.6) is 0 Å². The largest absolute Gasteiger partial charge is 0.481 e. The van der Waals surface area contributed by atoms with Crippen LogP contribution in [0.3, 0.4) is 0 Å². The molecule has 1 unspecified atom stereocenters. The Balaban J connectivity index is 2.57. The van der Waals surface area contributed by atoms with Gasteiger partial charge < -0.3 is 5.11 Å². The maximum absolute atomic E-state index is 10.5. The molecule has 0 aliphatic heterocycles. The van der Waals surface area contributed by atoms with E-state index < -0.39 is 5.97 Å². The number of hydrogen-bond acceptors (Lipinski definition) is 2. The van der Waals surface area contributed by atoms with Crippen molar-refractivity contribution < 1.29 is 9.90 Å². The van der Waals surface area contributed by atoms with E-state index in [0.717, 1.165) is 5.75 Å². The van der Waals surface area contributed by atoms with E-state index in [1.165, 1.54) is 17.5 Å². The fraction of sp³-hybridized carbons (Fsp3) is 0.611. The van der Waals surface area contributed by atoms with Gasteiger partial charge >= 0.3 is 5.97 Å². The average Bonchev–Trinajstić information content (AvgIpc) is 2.41. The van der Waals surface area contributed by atoms with Crippen molar-refractivity contribution in [3.05, 3.63) is 35.4 Å². The first kappa shape index (κ1) is 18.1. The molecule has 0 amide bonds. The maximum atomic E-state index is 10.5. The van der Waals surface area contributed by atoms with Gasteiger partial charge in [0, 0.05) is 11.5 Å². The second-order valence-corrected chi connectivity index (χ2v) is 7.52. The van der Waals surface area contributed by atoms with E-state index in [4.69, 9.17) is 5.11 Å². The van der Waals surface area contributed by atoms with Gasteiger partial charge in [-0.15, -0.1) is 0 Å². The van der Waals surface area contributed by atoms with Crippen LogP contribution in [0.25, 0.3) is 0 Å². The van der Waals surface area contributed by atoms with Crippen LogP contribution < -0.4 is 0 Å². The first-order valence-electron chi connectivity index (χ1n) is 7.78. The van der Waals surface area contributed by atoms with Gasteiger partial charge in [-0.2, -0.15) is 11.8 Å². The SMILES string of the molecule is CC(C)CC(c1ccc(CSCCC(=O)O)cc1)C(C)C. The maximum Gasteiger partial charge on any atom is 0.304 e. The van der Waals surface area contributed by atoms with E-state index in [1.807, 2.05) is 0 Å². The normalized spacial score (nSPS) is 12.9. The molecule has 1 rings (SSSR count). The monoisotopic (exact) mass is 308 g/mol. The molecule has 0 aromatic heterocycles. The van der Waals surface area contributed by atoms with Crippen molar-refractivity contribution >= 4 is 17.7 Å². The van der Waals surface area contributed by atoms with Gasteiger partial charge in [0.05, 0.1) is 6.42 Å². The molecule has 2 nitrogen and oxygen atoms in total. The number of thioether (sulfide) groups is 1. The van der Waals surface area contributed by atoms with Crippen LogP contribution in [0.1, 0.15) is 57.6 Å². The molecule has 0 bridgehead atoms. The minimum absolute atomic E-state index is 0.243. The summed E-state index contributed by atoms with van der Waals surface area (Å²) in [4.78, 5) is 10.5. The molecular formula is C18H28O2S. The summed E-state index contributed by atoms with van der Waals surface area (Å²) in [5.74, 6) is 2.85. The van der Waals surface area contributed by atoms with Gasteiger partial charge in [-0.25, -0.2) is 0 Å². The lowest BCUT2D eigenvalue weighted by molar-refractivity contribution is -0.136. The van der Waals surface area contributed by atoms with Crippen molar-refractivity contribution in [2.24, 2.45) is 11.8 Å². The molecule has 0 aliphatic rings. The smallest absolute Gasteiger partial charge is 0.304 e. The van der Waals surface area contributed by atoms with E-state index >= 15 is 0 Å². The van der Waals surface area contributed by atoms with E-state index in [-0.39, 0.29) is 6.42 Å². The predicted octanol–water partition coefficient (Wildman–Crippen LogP) is 5.18. The molecule has 0 saturated carbocycles. The molecule has 1 N–H and O–H groups in total. The fourth-order valence-electron chi connectivity index (χ4n) is 2.51. The van der Waals surface area contributed by atoms with E-state index in [9.17, 15) is 4.79 Å². The molecule has 1 aromatic rings. The standard InChI is InChI=1S/C18H28O2S/c1-13(2)11-17(14(3)4)16-7-5-15(6-8-16)12-21-10-9-18(19)20/h5-8,13-14,17H,9-12H2,1-4H3,(H,19,20). The van der Waals surface area contributed by atoms with Crippen molar-refractivity contribution in [1.29, 1.82) is 0 Å². The number of rotatable bonds is 9. The first-order valence-corrected chi connectivity index (χ1v) is 8.94. The minimum Gasteiger partial charge on any atom is -0.481 e. The summed E-state index contributed by atoms with van der Waals surface area (Å²) in [6.45, 7) is 9.15. The van der Waals surface area contributed by atoms with Crippen LogP contribution in [0.2, 0.25) is 0 Å². The third-order valence-electron chi connectivity index (χ3n) is 3.67. The zero-order chi connectivity index (χ0) is 15.8. The average molecular weight is 308 g/mol. The highest BCUT2D eigenvalue weighted by atomic mass is 32.2. The van der Waals surface area contributed by atoms with Crippen LogP contribution in [0.4, 0.5) is 0 Å². The number of carboxylic acids is 1. The molecule has 0 spiro atoms. The zero-order valence-corrected chi connectivity index (χ0v) is 14.5. The summed E-state index contributed by atoms with van der Waals surface area (Å²) in [7, 11) is 0. The van der Waals surface area contributed by atoms with Gasteiger partial charge in [0.25, 0.3) is 0 Å². The van der Waals surface area contributed by atoms with Crippen LogP contribution in [0, 0.1) is 11.8 Å². The summed E-state index contributed by atoms with van der Waals surface area (Å²) in [6.07, 6.45) is 1.47. The van der Waals surface area contributed by atoms with E-state index in [2.05, 4.69) is 52.0 Å². The van der Waals surface area contributed by atoms with Crippen molar-refractivity contribution in [2.75, 3.05) is 5.75 Å². The van der Waals surface area contributed by atoms with E-state index in [1.54, 1.807) is 11.8 Å². The number of aliphatic carboxylic acids is 1. The predicted molar refractivity (Wildman–Crippen MR) is 91.9 cm³/mol. The molecule has 0 heterocycles. The van der Waals surface area contributed by atoms with Gasteiger partial charge in [0.2, 0.25) is 0 Å². The van der Waals surface area contributed by atoms with Gasteiger partial charge in [-0.05, 0) is 35.3 Å². The van der Waals surface area contributed by atoms with Gasteiger partial charge in [-0.3, -0.25) is 4.79 Å². The Morgan fingerprint density at radius 2 is 1.76 bits per heavy atom. The lowest BCUT2D eigenvalue weighted by atomic mass is 9.82. The molecule has 21 heavy (non-hydrogen) atoms. The molecule has 0 radical (unpaired) electrons. The first-order chi connectivity index (χ1) is 9.90. The van der Waals surface area contributed by atoms with Crippen molar-refractivity contribution in [2.45, 2.75) is 52.2 Å². The van der Waals surface area contributed by atoms with Gasteiger partial charge in [0.1, 0.15) is 0 Å². The molecule has 0 fully saturated rings. The Morgan fingerprint density at radius 1 is 1.14 bits per heavy atom. The summed E-state index contributed by atoms with van der Waals surface area (Å²) >= 11 is 1.69. The molecule has 0 saturated heterocycles. The molecule has 118 valence electrons. The number of benzene rings is 1. The van der Waals surface area contributed by atoms with Gasteiger partial charge in [0.15, 0.2) is 0 Å². The number of carbonyl (C=O) groups is 1. The quantitative estimate of drug-likeness (QED) is 0.639. The lowest BCUT2D eigenvalue weighted by Crippen LogP contribution is -2.09. The summed E-state index contributed by atoms with van der Waals surface area (Å²) in [5.41, 5.74) is 2.71. The topological polar surface area (TPSA) is 37.3 Å². The summed E-state index contributed by atoms with van der Waals surface area (Å²) in [5, 5.41) is 8.62. The third kappa shape index (κ3) is 7.03. The van der Waals surface area contributed by atoms with Gasteiger partial charge in [-0.1, -0.05) is 52.0 Å². The summed E-state index contributed by atoms with van der Waals surface area (Å²) in [6, 6.07) is 8.89. The van der Waals surface area contributed by atoms with Crippen LogP contribution >= 0.6 is 11.8 Å². The number of carboxylic acid groups (broad SMARTS) is 1. The Bertz CT molecular complexity index is 423. The Labute approximate surface area is 133 Å². The molecular weight excluding hydrogens is 280 g/mol. The van der Waals surface area contributed by atoms with Crippen molar-refractivity contribution in [3.63, 3.8) is 0 Å². The summed E-state index contributed by atoms with van der Waals surface area (Å²) < 4.78 is 0. The van der Waals surface area contributed by atoms with Crippen molar-refractivity contribution in [1.82, 2.24) is 0 Å². The van der Waals surface area contributed by atoms with Crippen molar-refractivity contribution in [3.8, 4) is 0 Å². The highest BCUT2D eigenvalue weighted by Gasteiger charge is 2.17. The number of hydrogen-bond donors (Lipinski definition) is 1. The Morgan fingerprint density at radius 3 is 2.24 bits per heavy atom. The highest BCUT2D eigenvalue weighted by Crippen LogP contribution is 2.31. The van der Waals surface area contributed by atoms with Crippen LogP contribution in [-0.2, 0) is 10.5 Å². The van der Waals surface area contributed by atoms with Crippen LogP contribution in [-0.4, -0.2) is 16.8 Å². The minimum atomic E-state index is -0.716. The molecule has 1 aromatic carbocycles. The van der Waals surface area contributed by atoms with E-state index in [0.29, 0.717) is 23.5 Å². The second-order valence-electron chi connectivity index (χ2n) is 6.42. The second kappa shape index (κ2) is 9.14. The third-order valence-corrected chi connectivity index (χ3v) is 4.70. The molecule has 1 atom stereocenters. The Hall–Kier alpha value is -0.960. The molecule has 0 aliphatic carbocycles. The highest BCUT2D eigenvalue weighted by molar-refractivity contribution is 7.98.